The highest BCUT2D eigenvalue weighted by molar-refractivity contribution is 7.90. The molecule has 4 nitrogen and oxygen atoms in total. The van der Waals surface area contributed by atoms with Crippen LogP contribution >= 0.6 is 0 Å². The number of nitrogens with one attached hydrogen (secondary N) is 1. The molecule has 0 aromatic carbocycles. The average Bonchev–Trinajstić information content (AvgIpc) is 2.37. The Morgan fingerprint density at radius 1 is 1.10 bits per heavy atom. The van der Waals surface area contributed by atoms with Crippen molar-refractivity contribution in [3.8, 4) is 0 Å². The molecule has 0 aliphatic rings. The molecule has 0 aliphatic carbocycles. The summed E-state index contributed by atoms with van der Waals surface area (Å²) in [5.41, 5.74) is 0.660. The lowest BCUT2D eigenvalue weighted by Crippen LogP contribution is -2.54. The molecule has 0 bridgehead atoms. The van der Waals surface area contributed by atoms with Gasteiger partial charge in [-0.15, -0.1) is 0 Å². The minimum atomic E-state index is -3.37. The maximum Gasteiger partial charge on any atom is 0.217 e. The van der Waals surface area contributed by atoms with Crippen LogP contribution in [-0.4, -0.2) is 23.7 Å². The van der Waals surface area contributed by atoms with Crippen LogP contribution < -0.4 is 4.72 Å². The van der Waals surface area contributed by atoms with E-state index in [9.17, 15) is 8.42 Å². The van der Waals surface area contributed by atoms with E-state index < -0.39 is 20.3 Å². The number of pyridine rings is 1. The summed E-state index contributed by atoms with van der Waals surface area (Å²) in [6.07, 6.45) is 5.66. The van der Waals surface area contributed by atoms with Crippen LogP contribution in [0.3, 0.4) is 0 Å². The molecular weight excluding hydrogens is 272 g/mol. The van der Waals surface area contributed by atoms with Gasteiger partial charge in [0, 0.05) is 17.9 Å². The summed E-state index contributed by atoms with van der Waals surface area (Å²) in [6.45, 7) is 9.21. The third-order valence-corrected chi connectivity index (χ3v) is 6.12. The zero-order valence-corrected chi connectivity index (χ0v) is 13.9. The molecule has 114 valence electrons. The Kier molecular flexibility index (Phi) is 5.33. The van der Waals surface area contributed by atoms with E-state index in [4.69, 9.17) is 0 Å². The lowest BCUT2D eigenvalue weighted by atomic mass is 9.87. The second-order valence-electron chi connectivity index (χ2n) is 6.24. The first-order valence-electron chi connectivity index (χ1n) is 7.08. The molecule has 0 amide bonds. The number of hydrogen-bond donors (Lipinski definition) is 1. The first kappa shape index (κ1) is 17.1. The number of nitrogens with zero attached hydrogens (tertiary/aromatic N) is 1. The quantitative estimate of drug-likeness (QED) is 0.878. The van der Waals surface area contributed by atoms with Gasteiger partial charge >= 0.3 is 0 Å². The SMILES string of the molecule is CCC(CC)(Cc1ccncc1)NS(=O)(=O)C(C)(C)C. The van der Waals surface area contributed by atoms with Gasteiger partial charge in [0.15, 0.2) is 0 Å². The lowest BCUT2D eigenvalue weighted by molar-refractivity contribution is 0.346. The summed E-state index contributed by atoms with van der Waals surface area (Å²) in [5.74, 6) is 0. The summed E-state index contributed by atoms with van der Waals surface area (Å²) < 4.78 is 27.0. The van der Waals surface area contributed by atoms with E-state index >= 15 is 0 Å². The molecular formula is C15H26N2O2S. The molecule has 1 aromatic heterocycles. The van der Waals surface area contributed by atoms with E-state index in [0.717, 1.165) is 18.4 Å². The fourth-order valence-electron chi connectivity index (χ4n) is 2.01. The highest BCUT2D eigenvalue weighted by atomic mass is 32.2. The van der Waals surface area contributed by atoms with Crippen molar-refractivity contribution < 1.29 is 8.42 Å². The van der Waals surface area contributed by atoms with E-state index in [-0.39, 0.29) is 0 Å². The van der Waals surface area contributed by atoms with Crippen molar-refractivity contribution in [1.82, 2.24) is 9.71 Å². The van der Waals surface area contributed by atoms with Crippen molar-refractivity contribution in [2.45, 2.75) is 64.2 Å². The van der Waals surface area contributed by atoms with Gasteiger partial charge in [-0.3, -0.25) is 4.98 Å². The molecule has 0 saturated carbocycles. The fourth-order valence-corrected chi connectivity index (χ4v) is 3.25. The van der Waals surface area contributed by atoms with Crippen molar-refractivity contribution in [2.24, 2.45) is 0 Å². The summed E-state index contributed by atoms with van der Waals surface area (Å²) in [6, 6.07) is 3.87. The standard InChI is InChI=1S/C15H26N2O2S/c1-6-15(7-2,12-13-8-10-16-11-9-13)17-20(18,19)14(3,4)5/h8-11,17H,6-7,12H2,1-5H3. The van der Waals surface area contributed by atoms with E-state index in [2.05, 4.69) is 9.71 Å². The van der Waals surface area contributed by atoms with Crippen LogP contribution in [0, 0.1) is 0 Å². The Labute approximate surface area is 123 Å². The molecule has 0 saturated heterocycles. The van der Waals surface area contributed by atoms with Gasteiger partial charge in [0.2, 0.25) is 10.0 Å². The first-order chi connectivity index (χ1) is 9.16. The molecule has 1 rings (SSSR count). The summed E-state index contributed by atoms with van der Waals surface area (Å²) in [7, 11) is -3.37. The molecule has 20 heavy (non-hydrogen) atoms. The maximum atomic E-state index is 12.5. The normalized spacial score (nSPS) is 13.4. The molecule has 1 N–H and O–H groups in total. The van der Waals surface area contributed by atoms with Crippen LogP contribution in [0.15, 0.2) is 24.5 Å². The maximum absolute atomic E-state index is 12.5. The Bertz CT molecular complexity index is 515. The van der Waals surface area contributed by atoms with E-state index in [1.54, 1.807) is 33.2 Å². The molecule has 0 atom stereocenters. The molecule has 0 radical (unpaired) electrons. The predicted molar refractivity (Wildman–Crippen MR) is 83.1 cm³/mol. The van der Waals surface area contributed by atoms with Gasteiger partial charge in [-0.05, 0) is 57.7 Å². The largest absolute Gasteiger partial charge is 0.265 e. The van der Waals surface area contributed by atoms with E-state index in [1.165, 1.54) is 0 Å². The Balaban J connectivity index is 3.05. The second kappa shape index (κ2) is 6.22. The highest BCUT2D eigenvalue weighted by Crippen LogP contribution is 2.25. The molecule has 0 aliphatic heterocycles. The van der Waals surface area contributed by atoms with Crippen molar-refractivity contribution >= 4 is 10.0 Å². The van der Waals surface area contributed by atoms with Crippen molar-refractivity contribution in [3.05, 3.63) is 30.1 Å². The van der Waals surface area contributed by atoms with Crippen LogP contribution in [-0.2, 0) is 16.4 Å². The fraction of sp³-hybridized carbons (Fsp3) is 0.667. The Hall–Kier alpha value is -0.940. The summed E-state index contributed by atoms with van der Waals surface area (Å²) in [5, 5.41) is 0. The third kappa shape index (κ3) is 4.03. The van der Waals surface area contributed by atoms with Gasteiger partial charge in [-0.1, -0.05) is 13.8 Å². The van der Waals surface area contributed by atoms with Gasteiger partial charge in [-0.2, -0.15) is 0 Å². The lowest BCUT2D eigenvalue weighted by Gasteiger charge is -2.35. The first-order valence-corrected chi connectivity index (χ1v) is 8.56. The monoisotopic (exact) mass is 298 g/mol. The van der Waals surface area contributed by atoms with Crippen molar-refractivity contribution in [1.29, 1.82) is 0 Å². The zero-order chi connectivity index (χ0) is 15.4. The van der Waals surface area contributed by atoms with Crippen LogP contribution in [0.5, 0.6) is 0 Å². The van der Waals surface area contributed by atoms with Crippen LogP contribution in [0.1, 0.15) is 53.0 Å². The predicted octanol–water partition coefficient (Wildman–Crippen LogP) is 2.90. The summed E-state index contributed by atoms with van der Waals surface area (Å²) >= 11 is 0. The van der Waals surface area contributed by atoms with Gasteiger partial charge in [0.25, 0.3) is 0 Å². The molecule has 0 fully saturated rings. The highest BCUT2D eigenvalue weighted by Gasteiger charge is 2.37. The Morgan fingerprint density at radius 3 is 2.00 bits per heavy atom. The summed E-state index contributed by atoms with van der Waals surface area (Å²) in [4.78, 5) is 4.00. The van der Waals surface area contributed by atoms with E-state index in [1.807, 2.05) is 26.0 Å². The number of rotatable bonds is 6. The van der Waals surface area contributed by atoms with Gasteiger partial charge in [-0.25, -0.2) is 13.1 Å². The van der Waals surface area contributed by atoms with Gasteiger partial charge in [0.1, 0.15) is 0 Å². The molecule has 1 aromatic rings. The number of sulfonamides is 1. The Morgan fingerprint density at radius 2 is 1.60 bits per heavy atom. The zero-order valence-electron chi connectivity index (χ0n) is 13.1. The molecule has 1 heterocycles. The topological polar surface area (TPSA) is 59.1 Å². The van der Waals surface area contributed by atoms with Crippen LogP contribution in [0.25, 0.3) is 0 Å². The van der Waals surface area contributed by atoms with E-state index in [0.29, 0.717) is 6.42 Å². The minimum Gasteiger partial charge on any atom is -0.265 e. The van der Waals surface area contributed by atoms with Crippen LogP contribution in [0.4, 0.5) is 0 Å². The van der Waals surface area contributed by atoms with Gasteiger partial charge in [0.05, 0.1) is 4.75 Å². The number of aromatic nitrogens is 1. The minimum absolute atomic E-state index is 0.437. The van der Waals surface area contributed by atoms with Crippen LogP contribution in [0.2, 0.25) is 0 Å². The van der Waals surface area contributed by atoms with Crippen molar-refractivity contribution in [3.63, 3.8) is 0 Å². The third-order valence-electron chi connectivity index (χ3n) is 3.80. The molecule has 5 heteroatoms. The number of hydrogen-bond acceptors (Lipinski definition) is 3. The van der Waals surface area contributed by atoms with Gasteiger partial charge < -0.3 is 0 Å². The smallest absolute Gasteiger partial charge is 0.217 e. The second-order valence-corrected chi connectivity index (χ2v) is 8.67. The van der Waals surface area contributed by atoms with Crippen molar-refractivity contribution in [2.75, 3.05) is 0 Å². The molecule has 0 spiro atoms. The molecule has 0 unspecified atom stereocenters. The average molecular weight is 298 g/mol.